The van der Waals surface area contributed by atoms with Crippen LogP contribution in [0.25, 0.3) is 0 Å². The third kappa shape index (κ3) is 2.31. The minimum Gasteiger partial charge on any atom is -0.387 e. The van der Waals surface area contributed by atoms with E-state index in [2.05, 4.69) is 18.9 Å². The van der Waals surface area contributed by atoms with Gasteiger partial charge in [-0.25, -0.2) is 0 Å². The highest BCUT2D eigenvalue weighted by atomic mass is 16.3. The fraction of sp³-hybridized carbons (Fsp3) is 0.400. The SMILES string of the molecule is CCn1cc(C(O)C(C)(C)c2ccccc2)cn1. The van der Waals surface area contributed by atoms with E-state index in [-0.39, 0.29) is 5.41 Å². The normalized spacial score (nSPS) is 13.6. The summed E-state index contributed by atoms with van der Waals surface area (Å²) < 4.78 is 1.83. The van der Waals surface area contributed by atoms with Gasteiger partial charge in [-0.2, -0.15) is 5.10 Å². The molecular formula is C15H20N2O. The molecule has 3 heteroatoms. The van der Waals surface area contributed by atoms with Crippen molar-refractivity contribution in [2.24, 2.45) is 0 Å². The molecule has 0 aliphatic rings. The monoisotopic (exact) mass is 244 g/mol. The standard InChI is InChI=1S/C15H20N2O/c1-4-17-11-12(10-16-17)14(18)15(2,3)13-8-6-5-7-9-13/h5-11,14,18H,4H2,1-3H3. The quantitative estimate of drug-likeness (QED) is 0.898. The molecule has 96 valence electrons. The van der Waals surface area contributed by atoms with Crippen LogP contribution in [0.2, 0.25) is 0 Å². The number of benzene rings is 1. The Morgan fingerprint density at radius 2 is 1.94 bits per heavy atom. The van der Waals surface area contributed by atoms with Crippen molar-refractivity contribution in [2.75, 3.05) is 0 Å². The van der Waals surface area contributed by atoms with Crippen molar-refractivity contribution >= 4 is 0 Å². The van der Waals surface area contributed by atoms with E-state index < -0.39 is 6.10 Å². The van der Waals surface area contributed by atoms with Gasteiger partial charge in [0.15, 0.2) is 0 Å². The van der Waals surface area contributed by atoms with Crippen LogP contribution in [0.3, 0.4) is 0 Å². The van der Waals surface area contributed by atoms with Gasteiger partial charge in [-0.15, -0.1) is 0 Å². The van der Waals surface area contributed by atoms with Gasteiger partial charge in [0.2, 0.25) is 0 Å². The van der Waals surface area contributed by atoms with Gasteiger partial charge in [0, 0.05) is 23.7 Å². The van der Waals surface area contributed by atoms with E-state index in [0.29, 0.717) is 0 Å². The summed E-state index contributed by atoms with van der Waals surface area (Å²) in [7, 11) is 0. The molecule has 0 spiro atoms. The summed E-state index contributed by atoms with van der Waals surface area (Å²) in [5.41, 5.74) is 1.66. The topological polar surface area (TPSA) is 38.0 Å². The van der Waals surface area contributed by atoms with E-state index in [9.17, 15) is 5.11 Å². The lowest BCUT2D eigenvalue weighted by molar-refractivity contribution is 0.100. The zero-order chi connectivity index (χ0) is 13.2. The molecule has 0 saturated heterocycles. The number of aromatic nitrogens is 2. The molecule has 2 rings (SSSR count). The Morgan fingerprint density at radius 3 is 2.50 bits per heavy atom. The summed E-state index contributed by atoms with van der Waals surface area (Å²) in [6.45, 7) is 6.95. The molecule has 0 saturated carbocycles. The van der Waals surface area contributed by atoms with Crippen LogP contribution in [-0.4, -0.2) is 14.9 Å². The molecule has 1 aromatic carbocycles. The van der Waals surface area contributed by atoms with Crippen molar-refractivity contribution < 1.29 is 5.11 Å². The average molecular weight is 244 g/mol. The van der Waals surface area contributed by atoms with Crippen molar-refractivity contribution in [1.82, 2.24) is 9.78 Å². The molecule has 0 aliphatic heterocycles. The van der Waals surface area contributed by atoms with Crippen molar-refractivity contribution in [3.8, 4) is 0 Å². The summed E-state index contributed by atoms with van der Waals surface area (Å²) in [5.74, 6) is 0. The Kier molecular flexibility index (Phi) is 3.53. The molecule has 1 N–H and O–H groups in total. The lowest BCUT2D eigenvalue weighted by Crippen LogP contribution is -2.26. The van der Waals surface area contributed by atoms with E-state index in [1.807, 2.05) is 48.1 Å². The first-order valence-electron chi connectivity index (χ1n) is 6.31. The van der Waals surface area contributed by atoms with Crippen LogP contribution in [0, 0.1) is 0 Å². The minimum atomic E-state index is -0.555. The third-order valence-corrected chi connectivity index (χ3v) is 3.49. The van der Waals surface area contributed by atoms with Crippen molar-refractivity contribution in [2.45, 2.75) is 38.8 Å². The number of hydrogen-bond donors (Lipinski definition) is 1. The molecule has 0 aliphatic carbocycles. The zero-order valence-electron chi connectivity index (χ0n) is 11.2. The molecule has 0 bridgehead atoms. The van der Waals surface area contributed by atoms with Gasteiger partial charge in [0.05, 0.1) is 12.3 Å². The van der Waals surface area contributed by atoms with Crippen LogP contribution < -0.4 is 0 Å². The molecule has 1 unspecified atom stereocenters. The Hall–Kier alpha value is -1.61. The molecule has 2 aromatic rings. The predicted octanol–water partition coefficient (Wildman–Crippen LogP) is 2.91. The molecule has 1 aromatic heterocycles. The number of rotatable bonds is 4. The van der Waals surface area contributed by atoms with Crippen LogP contribution in [0.1, 0.15) is 38.0 Å². The van der Waals surface area contributed by atoms with Crippen LogP contribution in [0.5, 0.6) is 0 Å². The van der Waals surface area contributed by atoms with Crippen LogP contribution in [-0.2, 0) is 12.0 Å². The van der Waals surface area contributed by atoms with Crippen LogP contribution >= 0.6 is 0 Å². The first-order chi connectivity index (χ1) is 8.55. The zero-order valence-corrected chi connectivity index (χ0v) is 11.2. The Labute approximate surface area is 108 Å². The highest BCUT2D eigenvalue weighted by Gasteiger charge is 2.31. The summed E-state index contributed by atoms with van der Waals surface area (Å²) in [5, 5.41) is 14.8. The molecular weight excluding hydrogens is 224 g/mol. The highest BCUT2D eigenvalue weighted by molar-refractivity contribution is 5.28. The molecule has 1 atom stereocenters. The van der Waals surface area contributed by atoms with Crippen molar-refractivity contribution in [3.05, 3.63) is 53.9 Å². The summed E-state index contributed by atoms with van der Waals surface area (Å²) in [6, 6.07) is 10.1. The second-order valence-electron chi connectivity index (χ2n) is 5.12. The van der Waals surface area contributed by atoms with E-state index in [1.54, 1.807) is 6.20 Å². The minimum absolute atomic E-state index is 0.330. The summed E-state index contributed by atoms with van der Waals surface area (Å²) >= 11 is 0. The number of aryl methyl sites for hydroxylation is 1. The summed E-state index contributed by atoms with van der Waals surface area (Å²) in [4.78, 5) is 0. The maximum absolute atomic E-state index is 10.6. The van der Waals surface area contributed by atoms with Gasteiger partial charge in [-0.3, -0.25) is 4.68 Å². The van der Waals surface area contributed by atoms with Crippen LogP contribution in [0.4, 0.5) is 0 Å². The van der Waals surface area contributed by atoms with Gasteiger partial charge in [-0.1, -0.05) is 44.2 Å². The Balaban J connectivity index is 2.29. The molecule has 3 nitrogen and oxygen atoms in total. The van der Waals surface area contributed by atoms with Crippen molar-refractivity contribution in [1.29, 1.82) is 0 Å². The first-order valence-corrected chi connectivity index (χ1v) is 6.31. The predicted molar refractivity (Wildman–Crippen MR) is 72.3 cm³/mol. The molecule has 18 heavy (non-hydrogen) atoms. The van der Waals surface area contributed by atoms with Gasteiger partial charge < -0.3 is 5.11 Å². The smallest absolute Gasteiger partial charge is 0.0911 e. The molecule has 0 radical (unpaired) electrons. The molecule has 1 heterocycles. The molecule has 0 fully saturated rings. The third-order valence-electron chi connectivity index (χ3n) is 3.49. The molecule has 0 amide bonds. The van der Waals surface area contributed by atoms with Gasteiger partial charge >= 0.3 is 0 Å². The van der Waals surface area contributed by atoms with Gasteiger partial charge in [0.1, 0.15) is 0 Å². The first kappa shape index (κ1) is 12.8. The fourth-order valence-corrected chi connectivity index (χ4v) is 2.14. The van der Waals surface area contributed by atoms with E-state index in [4.69, 9.17) is 0 Å². The van der Waals surface area contributed by atoms with E-state index in [1.165, 1.54) is 0 Å². The van der Waals surface area contributed by atoms with Crippen LogP contribution in [0.15, 0.2) is 42.7 Å². The number of aliphatic hydroxyl groups is 1. The second-order valence-corrected chi connectivity index (χ2v) is 5.12. The van der Waals surface area contributed by atoms with E-state index >= 15 is 0 Å². The average Bonchev–Trinajstić information content (AvgIpc) is 2.87. The lowest BCUT2D eigenvalue weighted by Gasteiger charge is -2.30. The number of hydrogen-bond acceptors (Lipinski definition) is 2. The largest absolute Gasteiger partial charge is 0.387 e. The maximum atomic E-state index is 10.6. The highest BCUT2D eigenvalue weighted by Crippen LogP contribution is 2.36. The van der Waals surface area contributed by atoms with Gasteiger partial charge in [-0.05, 0) is 12.5 Å². The Morgan fingerprint density at radius 1 is 1.28 bits per heavy atom. The Bertz CT molecular complexity index is 502. The maximum Gasteiger partial charge on any atom is 0.0911 e. The van der Waals surface area contributed by atoms with Gasteiger partial charge in [0.25, 0.3) is 0 Å². The lowest BCUT2D eigenvalue weighted by atomic mass is 9.77. The number of nitrogens with zero attached hydrogens (tertiary/aromatic N) is 2. The fourth-order valence-electron chi connectivity index (χ4n) is 2.14. The summed E-state index contributed by atoms with van der Waals surface area (Å²) in [6.07, 6.45) is 3.11. The van der Waals surface area contributed by atoms with Crippen molar-refractivity contribution in [3.63, 3.8) is 0 Å². The second kappa shape index (κ2) is 4.94. The number of aliphatic hydroxyl groups excluding tert-OH is 1. The van der Waals surface area contributed by atoms with E-state index in [0.717, 1.165) is 17.7 Å².